The van der Waals surface area contributed by atoms with E-state index in [2.05, 4.69) is 9.71 Å². The number of carbonyl (C=O) groups is 1. The van der Waals surface area contributed by atoms with Crippen molar-refractivity contribution in [3.63, 3.8) is 0 Å². The molecule has 0 radical (unpaired) electrons. The Hall–Kier alpha value is -2.49. The average molecular weight is 446 g/mol. The standard InChI is InChI=1S/C21H23N3O4S2/c1-28-19-12-17(16-7-2-3-8-18(16)23-19)21(25)24-10-4-6-15(14-24)13-22-30(26,27)20-9-5-11-29-20/h2-3,5,7-9,11-12,15,22H,4,6,10,13-14H2,1H3/t15-/m1/s1. The summed E-state index contributed by atoms with van der Waals surface area (Å²) in [6.07, 6.45) is 1.70. The molecule has 1 N–H and O–H groups in total. The number of carbonyl (C=O) groups excluding carboxylic acids is 1. The molecule has 1 atom stereocenters. The van der Waals surface area contributed by atoms with Gasteiger partial charge in [-0.15, -0.1) is 11.3 Å². The lowest BCUT2D eigenvalue weighted by Crippen LogP contribution is -2.43. The van der Waals surface area contributed by atoms with Crippen LogP contribution in [0.15, 0.2) is 52.1 Å². The summed E-state index contributed by atoms with van der Waals surface area (Å²) in [5.41, 5.74) is 1.26. The first-order valence-electron chi connectivity index (χ1n) is 9.74. The van der Waals surface area contributed by atoms with E-state index in [1.54, 1.807) is 28.5 Å². The molecular weight excluding hydrogens is 422 g/mol. The topological polar surface area (TPSA) is 88.6 Å². The minimum Gasteiger partial charge on any atom is -0.481 e. The van der Waals surface area contributed by atoms with Crippen LogP contribution in [0.3, 0.4) is 0 Å². The highest BCUT2D eigenvalue weighted by Crippen LogP contribution is 2.26. The van der Waals surface area contributed by atoms with E-state index in [0.29, 0.717) is 40.8 Å². The Bertz CT molecular complexity index is 1150. The zero-order valence-electron chi connectivity index (χ0n) is 16.6. The summed E-state index contributed by atoms with van der Waals surface area (Å²) in [6.45, 7) is 1.46. The van der Waals surface area contributed by atoms with Gasteiger partial charge >= 0.3 is 0 Å². The molecule has 3 aromatic rings. The number of piperidine rings is 1. The highest BCUT2D eigenvalue weighted by atomic mass is 32.2. The van der Waals surface area contributed by atoms with E-state index in [-0.39, 0.29) is 11.8 Å². The molecule has 9 heteroatoms. The second-order valence-corrected chi connectivity index (χ2v) is 10.2. The summed E-state index contributed by atoms with van der Waals surface area (Å²) in [5.74, 6) is 0.375. The fraction of sp³-hybridized carbons (Fsp3) is 0.333. The molecule has 3 heterocycles. The van der Waals surface area contributed by atoms with Crippen LogP contribution in [0.5, 0.6) is 5.88 Å². The van der Waals surface area contributed by atoms with Crippen LogP contribution in [0.1, 0.15) is 23.2 Å². The van der Waals surface area contributed by atoms with Crippen molar-refractivity contribution in [3.8, 4) is 5.88 Å². The first-order valence-corrected chi connectivity index (χ1v) is 12.1. The molecule has 1 aliphatic heterocycles. The average Bonchev–Trinajstić information content (AvgIpc) is 3.33. The predicted molar refractivity (Wildman–Crippen MR) is 116 cm³/mol. The molecule has 1 aromatic carbocycles. The molecule has 7 nitrogen and oxygen atoms in total. The van der Waals surface area contributed by atoms with Crippen LogP contribution in [0, 0.1) is 5.92 Å². The van der Waals surface area contributed by atoms with E-state index in [1.165, 1.54) is 18.4 Å². The lowest BCUT2D eigenvalue weighted by atomic mass is 9.97. The van der Waals surface area contributed by atoms with Gasteiger partial charge in [0, 0.05) is 31.1 Å². The first kappa shape index (κ1) is 20.8. The third-order valence-electron chi connectivity index (χ3n) is 5.26. The number of aromatic nitrogens is 1. The first-order chi connectivity index (χ1) is 14.5. The number of rotatable bonds is 6. The Kier molecular flexibility index (Phi) is 6.03. The number of fused-ring (bicyclic) bond motifs is 1. The number of hydrogen-bond acceptors (Lipinski definition) is 6. The molecule has 1 fully saturated rings. The maximum atomic E-state index is 13.3. The minimum absolute atomic E-state index is 0.0624. The molecule has 0 aliphatic carbocycles. The van der Waals surface area contributed by atoms with Crippen LogP contribution >= 0.6 is 11.3 Å². The van der Waals surface area contributed by atoms with Gasteiger partial charge in [0.05, 0.1) is 18.2 Å². The third kappa shape index (κ3) is 4.33. The number of sulfonamides is 1. The molecular formula is C21H23N3O4S2. The van der Waals surface area contributed by atoms with Gasteiger partial charge in [-0.1, -0.05) is 24.3 Å². The molecule has 1 saturated heterocycles. The largest absolute Gasteiger partial charge is 0.481 e. The minimum atomic E-state index is -3.50. The lowest BCUT2D eigenvalue weighted by Gasteiger charge is -2.33. The van der Waals surface area contributed by atoms with Crippen molar-refractivity contribution in [2.24, 2.45) is 5.92 Å². The van der Waals surface area contributed by atoms with Crippen LogP contribution in [-0.2, 0) is 10.0 Å². The molecule has 158 valence electrons. The molecule has 0 bridgehead atoms. The van der Waals surface area contributed by atoms with Gasteiger partial charge in [-0.3, -0.25) is 4.79 Å². The van der Waals surface area contributed by atoms with Gasteiger partial charge in [0.15, 0.2) is 0 Å². The second-order valence-electron chi connectivity index (χ2n) is 7.27. The third-order valence-corrected chi connectivity index (χ3v) is 8.08. The van der Waals surface area contributed by atoms with Gasteiger partial charge in [0.2, 0.25) is 15.9 Å². The number of amides is 1. The number of hydrogen-bond donors (Lipinski definition) is 1. The number of para-hydroxylation sites is 1. The van der Waals surface area contributed by atoms with Crippen molar-refractivity contribution >= 4 is 38.2 Å². The van der Waals surface area contributed by atoms with Gasteiger partial charge in [0.25, 0.3) is 5.91 Å². The summed E-state index contributed by atoms with van der Waals surface area (Å²) >= 11 is 1.19. The van der Waals surface area contributed by atoms with Crippen molar-refractivity contribution < 1.29 is 17.9 Å². The molecule has 0 unspecified atom stereocenters. The predicted octanol–water partition coefficient (Wildman–Crippen LogP) is 3.14. The Labute approximate surface area is 179 Å². The maximum Gasteiger partial charge on any atom is 0.254 e. The Morgan fingerprint density at radius 3 is 2.90 bits per heavy atom. The fourth-order valence-corrected chi connectivity index (χ4v) is 5.89. The highest BCUT2D eigenvalue weighted by Gasteiger charge is 2.27. The van der Waals surface area contributed by atoms with Crippen LogP contribution in [0.25, 0.3) is 10.9 Å². The number of pyridine rings is 1. The molecule has 30 heavy (non-hydrogen) atoms. The van der Waals surface area contributed by atoms with Crippen molar-refractivity contribution in [1.82, 2.24) is 14.6 Å². The van der Waals surface area contributed by atoms with Gasteiger partial charge in [-0.2, -0.15) is 0 Å². The molecule has 2 aromatic heterocycles. The number of thiophene rings is 1. The summed E-state index contributed by atoms with van der Waals surface area (Å²) in [6, 6.07) is 12.5. The van der Waals surface area contributed by atoms with Gasteiger partial charge in [0.1, 0.15) is 4.21 Å². The molecule has 0 saturated carbocycles. The molecule has 4 rings (SSSR count). The van der Waals surface area contributed by atoms with Gasteiger partial charge < -0.3 is 9.64 Å². The maximum absolute atomic E-state index is 13.3. The summed E-state index contributed by atoms with van der Waals surface area (Å²) in [7, 11) is -1.97. The highest BCUT2D eigenvalue weighted by molar-refractivity contribution is 7.91. The van der Waals surface area contributed by atoms with Crippen molar-refractivity contribution in [3.05, 3.63) is 53.4 Å². The van der Waals surface area contributed by atoms with Crippen molar-refractivity contribution in [2.45, 2.75) is 17.1 Å². The number of benzene rings is 1. The normalized spacial score (nSPS) is 17.2. The zero-order valence-corrected chi connectivity index (χ0v) is 18.2. The van der Waals surface area contributed by atoms with Crippen LogP contribution in [0.4, 0.5) is 0 Å². The Balaban J connectivity index is 1.50. The quantitative estimate of drug-likeness (QED) is 0.630. The molecule has 1 aliphatic rings. The Morgan fingerprint density at radius 1 is 1.30 bits per heavy atom. The summed E-state index contributed by atoms with van der Waals surface area (Å²) < 4.78 is 33.1. The van der Waals surface area contributed by atoms with Crippen molar-refractivity contribution in [2.75, 3.05) is 26.7 Å². The monoisotopic (exact) mass is 445 g/mol. The number of nitrogens with zero attached hydrogens (tertiary/aromatic N) is 2. The fourth-order valence-electron chi connectivity index (χ4n) is 3.73. The van der Waals surface area contributed by atoms with E-state index >= 15 is 0 Å². The van der Waals surface area contributed by atoms with Crippen molar-refractivity contribution in [1.29, 1.82) is 0 Å². The lowest BCUT2D eigenvalue weighted by molar-refractivity contribution is 0.0678. The van der Waals surface area contributed by atoms with E-state index in [9.17, 15) is 13.2 Å². The molecule has 0 spiro atoms. The summed E-state index contributed by atoms with van der Waals surface area (Å²) in [4.78, 5) is 19.5. The number of nitrogens with one attached hydrogen (secondary N) is 1. The van der Waals surface area contributed by atoms with Gasteiger partial charge in [-0.05, 0) is 36.3 Å². The number of methoxy groups -OCH3 is 1. The van der Waals surface area contributed by atoms with Crippen LogP contribution < -0.4 is 9.46 Å². The SMILES string of the molecule is COc1cc(C(=O)N2CCC[C@H](CNS(=O)(=O)c3cccs3)C2)c2ccccc2n1. The van der Waals surface area contributed by atoms with E-state index in [0.717, 1.165) is 18.2 Å². The van der Waals surface area contributed by atoms with E-state index in [1.807, 2.05) is 24.3 Å². The smallest absolute Gasteiger partial charge is 0.254 e. The second kappa shape index (κ2) is 8.71. The van der Waals surface area contributed by atoms with E-state index in [4.69, 9.17) is 4.74 Å². The Morgan fingerprint density at radius 2 is 2.13 bits per heavy atom. The number of ether oxygens (including phenoxy) is 1. The molecule has 1 amide bonds. The zero-order chi connectivity index (χ0) is 21.1. The summed E-state index contributed by atoms with van der Waals surface area (Å²) in [5, 5.41) is 2.52. The van der Waals surface area contributed by atoms with Gasteiger partial charge in [-0.25, -0.2) is 18.1 Å². The number of likely N-dealkylation sites (tertiary alicyclic amines) is 1. The van der Waals surface area contributed by atoms with Crippen LogP contribution in [-0.4, -0.2) is 51.0 Å². The van der Waals surface area contributed by atoms with E-state index < -0.39 is 10.0 Å². The van der Waals surface area contributed by atoms with Crippen LogP contribution in [0.2, 0.25) is 0 Å².